The second-order valence-corrected chi connectivity index (χ2v) is 14.6. The van der Waals surface area contributed by atoms with Crippen molar-refractivity contribution >= 4 is 12.3 Å². The summed E-state index contributed by atoms with van der Waals surface area (Å²) in [5.41, 5.74) is 0. The summed E-state index contributed by atoms with van der Waals surface area (Å²) in [6.45, 7) is 14.7. The normalized spacial score (nSPS) is 12.3. The van der Waals surface area contributed by atoms with E-state index in [2.05, 4.69) is 30.6 Å². The van der Waals surface area contributed by atoms with Crippen molar-refractivity contribution in [2.75, 3.05) is 65.7 Å². The van der Waals surface area contributed by atoms with Crippen LogP contribution in [-0.2, 0) is 19.1 Å². The minimum Gasteiger partial charge on any atom is -0.465 e. The van der Waals surface area contributed by atoms with E-state index < -0.39 is 0 Å². The molecule has 292 valence electrons. The third-order valence-corrected chi connectivity index (χ3v) is 9.91. The summed E-state index contributed by atoms with van der Waals surface area (Å²) in [5, 5.41) is 9.10. The lowest BCUT2D eigenvalue weighted by Crippen LogP contribution is -2.38. The third kappa shape index (κ3) is 35.2. The lowest BCUT2D eigenvalue weighted by atomic mass is 9.95. The lowest BCUT2D eigenvalue weighted by molar-refractivity contribution is -0.145. The Balaban J connectivity index is 4.67. The summed E-state index contributed by atoms with van der Waals surface area (Å²) in [5.74, 6) is 0.510. The van der Waals surface area contributed by atoms with E-state index in [0.29, 0.717) is 38.6 Å². The number of unbranched alkanes of at least 4 members (excludes halogenated alkanes) is 18. The molecule has 0 aromatic rings. The van der Waals surface area contributed by atoms with Crippen molar-refractivity contribution in [1.29, 1.82) is 0 Å². The average Bonchev–Trinajstić information content (AvgIpc) is 3.11. The van der Waals surface area contributed by atoms with Crippen LogP contribution < -0.4 is 0 Å². The van der Waals surface area contributed by atoms with Gasteiger partial charge in [0, 0.05) is 32.5 Å². The van der Waals surface area contributed by atoms with E-state index >= 15 is 0 Å². The predicted molar refractivity (Wildman–Crippen MR) is 208 cm³/mol. The van der Waals surface area contributed by atoms with Crippen LogP contribution in [0.5, 0.6) is 0 Å². The highest BCUT2D eigenvalue weighted by molar-refractivity contribution is 5.69. The van der Waals surface area contributed by atoms with Crippen LogP contribution in [0.25, 0.3) is 0 Å². The number of rotatable bonds is 41. The van der Waals surface area contributed by atoms with Crippen molar-refractivity contribution in [3.63, 3.8) is 0 Å². The number of esters is 1. The topological polar surface area (TPSA) is 79.3 Å². The van der Waals surface area contributed by atoms with Gasteiger partial charge in [-0.2, -0.15) is 0 Å². The molecule has 0 bridgehead atoms. The Morgan fingerprint density at radius 1 is 0.571 bits per heavy atom. The first-order valence-corrected chi connectivity index (χ1v) is 21.3. The van der Waals surface area contributed by atoms with Crippen LogP contribution >= 0.6 is 0 Å². The molecule has 0 aromatic heterocycles. The van der Waals surface area contributed by atoms with Crippen molar-refractivity contribution in [3.05, 3.63) is 0 Å². The molecule has 0 radical (unpaired) electrons. The molecule has 0 aliphatic heterocycles. The first kappa shape index (κ1) is 48.0. The van der Waals surface area contributed by atoms with E-state index in [4.69, 9.17) is 14.6 Å². The molecular weight excluding hydrogens is 612 g/mol. The fraction of sp³-hybridized carbons (Fsp3) is 0.952. The first-order chi connectivity index (χ1) is 24.1. The Bertz CT molecular complexity index is 679. The van der Waals surface area contributed by atoms with Gasteiger partial charge in [-0.3, -0.25) is 9.69 Å². The Labute approximate surface area is 305 Å². The number of hydrogen-bond donors (Lipinski definition) is 1. The van der Waals surface area contributed by atoms with Gasteiger partial charge < -0.3 is 24.3 Å². The van der Waals surface area contributed by atoms with Crippen molar-refractivity contribution in [2.24, 2.45) is 5.92 Å². The Hall–Kier alpha value is -1.02. The van der Waals surface area contributed by atoms with Crippen LogP contribution in [0.4, 0.5) is 0 Å². The fourth-order valence-electron chi connectivity index (χ4n) is 6.62. The molecule has 1 unspecified atom stereocenters. The Morgan fingerprint density at radius 2 is 1.04 bits per heavy atom. The van der Waals surface area contributed by atoms with Gasteiger partial charge in [0.05, 0.1) is 26.4 Å². The van der Waals surface area contributed by atoms with Gasteiger partial charge >= 0.3 is 5.97 Å². The zero-order valence-corrected chi connectivity index (χ0v) is 33.1. The Morgan fingerprint density at radius 3 is 1.59 bits per heavy atom. The largest absolute Gasteiger partial charge is 0.465 e. The molecule has 7 nitrogen and oxygen atoms in total. The summed E-state index contributed by atoms with van der Waals surface area (Å²) in [6, 6.07) is 0. The fourth-order valence-corrected chi connectivity index (χ4v) is 6.62. The quantitative estimate of drug-likeness (QED) is 0.0387. The molecule has 0 heterocycles. The molecule has 7 heteroatoms. The number of ether oxygens (including phenoxy) is 2. The maximum atomic E-state index is 12.7. The van der Waals surface area contributed by atoms with Gasteiger partial charge in [-0.15, -0.1) is 0 Å². The van der Waals surface area contributed by atoms with Crippen LogP contribution in [0.15, 0.2) is 0 Å². The maximum Gasteiger partial charge on any atom is 0.305 e. The zero-order valence-electron chi connectivity index (χ0n) is 33.1. The number of carbonyl (C=O) groups is 2. The van der Waals surface area contributed by atoms with Crippen LogP contribution in [0.3, 0.4) is 0 Å². The molecule has 0 aliphatic rings. The van der Waals surface area contributed by atoms with Crippen molar-refractivity contribution in [1.82, 2.24) is 9.80 Å². The molecule has 0 aliphatic carbocycles. The summed E-state index contributed by atoms with van der Waals surface area (Å²) < 4.78 is 11.4. The molecule has 0 amide bonds. The molecule has 1 atom stereocenters. The van der Waals surface area contributed by atoms with Gasteiger partial charge in [-0.25, -0.2) is 0 Å². The summed E-state index contributed by atoms with van der Waals surface area (Å²) in [7, 11) is 0. The van der Waals surface area contributed by atoms with Gasteiger partial charge in [0.25, 0.3) is 0 Å². The second-order valence-electron chi connectivity index (χ2n) is 14.6. The monoisotopic (exact) mass is 697 g/mol. The summed E-state index contributed by atoms with van der Waals surface area (Å²) in [4.78, 5) is 28.6. The van der Waals surface area contributed by atoms with E-state index in [1.165, 1.54) is 116 Å². The summed E-state index contributed by atoms with van der Waals surface area (Å²) >= 11 is 0. The van der Waals surface area contributed by atoms with E-state index in [9.17, 15) is 9.59 Å². The lowest BCUT2D eigenvalue weighted by Gasteiger charge is -2.28. The van der Waals surface area contributed by atoms with Gasteiger partial charge in [-0.1, -0.05) is 130 Å². The van der Waals surface area contributed by atoms with Gasteiger partial charge in [0.1, 0.15) is 6.29 Å². The number of aliphatic hydroxyl groups is 1. The van der Waals surface area contributed by atoms with E-state index in [1.807, 2.05) is 0 Å². The molecule has 0 saturated heterocycles. The highest BCUT2D eigenvalue weighted by Crippen LogP contribution is 2.20. The second kappa shape index (κ2) is 39.8. The number of nitrogens with zero attached hydrogens (tertiary/aromatic N) is 2. The predicted octanol–water partition coefficient (Wildman–Crippen LogP) is 10.2. The van der Waals surface area contributed by atoms with E-state index in [-0.39, 0.29) is 12.6 Å². The number of aliphatic hydroxyl groups excluding tert-OH is 1. The molecule has 1 N–H and O–H groups in total. The molecule has 0 aromatic carbocycles. The number of carbonyl (C=O) groups excluding carboxylic acids is 2. The zero-order chi connectivity index (χ0) is 35.9. The molecule has 0 fully saturated rings. The van der Waals surface area contributed by atoms with Crippen molar-refractivity contribution in [3.8, 4) is 0 Å². The first-order valence-electron chi connectivity index (χ1n) is 21.3. The maximum absolute atomic E-state index is 12.7. The molecule has 0 rings (SSSR count). The highest BCUT2D eigenvalue weighted by Gasteiger charge is 2.13. The average molecular weight is 697 g/mol. The minimum absolute atomic E-state index is 0.0118. The van der Waals surface area contributed by atoms with Gasteiger partial charge in [0.2, 0.25) is 0 Å². The summed E-state index contributed by atoms with van der Waals surface area (Å²) in [6.07, 6.45) is 31.7. The van der Waals surface area contributed by atoms with Gasteiger partial charge in [0.15, 0.2) is 0 Å². The van der Waals surface area contributed by atoms with Crippen molar-refractivity contribution in [2.45, 2.75) is 188 Å². The smallest absolute Gasteiger partial charge is 0.305 e. The van der Waals surface area contributed by atoms with Crippen molar-refractivity contribution < 1.29 is 24.2 Å². The van der Waals surface area contributed by atoms with E-state index in [0.717, 1.165) is 84.1 Å². The molecular formula is C42H84N2O5. The molecule has 49 heavy (non-hydrogen) atoms. The highest BCUT2D eigenvalue weighted by atomic mass is 16.5. The van der Waals surface area contributed by atoms with Crippen LogP contribution in [0.2, 0.25) is 0 Å². The Kier molecular flexibility index (Phi) is 38.9. The third-order valence-electron chi connectivity index (χ3n) is 9.91. The number of hydrogen-bond acceptors (Lipinski definition) is 7. The SMILES string of the molecule is CCCCCCCCC(CCCCCC)COC(=O)CCCCCN(CCCCCC=O)CCN(CCCCCCCC)CCOCCO. The molecule has 0 spiro atoms. The molecule has 0 saturated carbocycles. The number of aldehydes is 1. The minimum atomic E-state index is -0.0118. The van der Waals surface area contributed by atoms with Crippen LogP contribution in [0, 0.1) is 5.92 Å². The van der Waals surface area contributed by atoms with E-state index in [1.54, 1.807) is 0 Å². The van der Waals surface area contributed by atoms with Gasteiger partial charge in [-0.05, 0) is 70.5 Å². The van der Waals surface area contributed by atoms with Crippen LogP contribution in [0.1, 0.15) is 188 Å². The standard InChI is InChI=1S/C42H84N2O5/c1-4-7-10-13-15-21-28-41(27-20-12-9-6-3)40-49-42(47)29-22-19-25-31-43(30-24-17-18-26-36-45)33-34-44(35-38-48-39-37-46)32-23-16-14-11-8-5-2/h36,41,46H,4-35,37-40H2,1-3H3. The van der Waals surface area contributed by atoms with Crippen LogP contribution in [-0.4, -0.2) is 92.9 Å².